The molecule has 1 N–H and O–H groups in total. The molecule has 4 aromatic rings. The van der Waals surface area contributed by atoms with Gasteiger partial charge in [-0.15, -0.1) is 0 Å². The van der Waals surface area contributed by atoms with Crippen LogP contribution in [-0.4, -0.2) is 49.9 Å². The first kappa shape index (κ1) is 26.9. The van der Waals surface area contributed by atoms with Crippen molar-refractivity contribution < 1.29 is 23.7 Å². The van der Waals surface area contributed by atoms with Gasteiger partial charge in [-0.3, -0.25) is 4.79 Å². The fraction of sp³-hybridized carbons (Fsp3) is 0.333. The normalized spacial score (nSPS) is 10.8. The van der Waals surface area contributed by atoms with E-state index in [0.717, 1.165) is 42.0 Å². The zero-order valence-corrected chi connectivity index (χ0v) is 22.5. The molecule has 4 rings (SSSR count). The fourth-order valence-corrected chi connectivity index (χ4v) is 4.43. The monoisotopic (exact) mass is 517 g/mol. The van der Waals surface area contributed by atoms with Crippen LogP contribution in [-0.2, 0) is 13.0 Å². The van der Waals surface area contributed by atoms with E-state index in [1.165, 1.54) is 26.9 Å². The SMILES string of the molecule is COc1cc(C(=O)NCCc2nc3ccccc3n2CCCCOc2cccc(C)c2)cc(OC)c1OC. The van der Waals surface area contributed by atoms with Gasteiger partial charge in [0.2, 0.25) is 5.75 Å². The highest BCUT2D eigenvalue weighted by atomic mass is 16.5. The molecule has 200 valence electrons. The molecule has 1 aromatic heterocycles. The van der Waals surface area contributed by atoms with Crippen LogP contribution in [0.1, 0.15) is 34.6 Å². The molecule has 0 radical (unpaired) electrons. The lowest BCUT2D eigenvalue weighted by molar-refractivity contribution is 0.0953. The number of carbonyl (C=O) groups excluding carboxylic acids is 1. The Kier molecular flexibility index (Phi) is 9.08. The Morgan fingerprint density at radius 3 is 2.39 bits per heavy atom. The summed E-state index contributed by atoms with van der Waals surface area (Å²) >= 11 is 0. The van der Waals surface area contributed by atoms with Crippen molar-refractivity contribution in [3.05, 3.63) is 77.6 Å². The van der Waals surface area contributed by atoms with Crippen LogP contribution in [0.2, 0.25) is 0 Å². The summed E-state index contributed by atoms with van der Waals surface area (Å²) in [7, 11) is 4.58. The van der Waals surface area contributed by atoms with E-state index in [0.29, 0.717) is 42.4 Å². The molecule has 0 aliphatic carbocycles. The quantitative estimate of drug-likeness (QED) is 0.245. The molecule has 1 heterocycles. The van der Waals surface area contributed by atoms with Crippen LogP contribution in [0.4, 0.5) is 0 Å². The molecule has 38 heavy (non-hydrogen) atoms. The maximum Gasteiger partial charge on any atom is 0.251 e. The van der Waals surface area contributed by atoms with Crippen molar-refractivity contribution in [3.63, 3.8) is 0 Å². The Balaban J connectivity index is 1.37. The number of unbranched alkanes of at least 4 members (excludes halogenated alkanes) is 1. The first-order valence-corrected chi connectivity index (χ1v) is 12.8. The van der Waals surface area contributed by atoms with Gasteiger partial charge in [-0.05, 0) is 61.7 Å². The largest absolute Gasteiger partial charge is 0.494 e. The summed E-state index contributed by atoms with van der Waals surface area (Å²) in [4.78, 5) is 17.7. The van der Waals surface area contributed by atoms with Crippen LogP contribution in [0.3, 0.4) is 0 Å². The Hall–Kier alpha value is -4.20. The number of nitrogens with one attached hydrogen (secondary N) is 1. The lowest BCUT2D eigenvalue weighted by Crippen LogP contribution is -2.26. The predicted octanol–water partition coefficient (Wildman–Crippen LogP) is 5.20. The van der Waals surface area contributed by atoms with E-state index in [2.05, 4.69) is 28.9 Å². The summed E-state index contributed by atoms with van der Waals surface area (Å²) in [5.74, 6) is 2.94. The summed E-state index contributed by atoms with van der Waals surface area (Å²) in [5, 5.41) is 2.99. The number of fused-ring (bicyclic) bond motifs is 1. The van der Waals surface area contributed by atoms with Crippen LogP contribution in [0.25, 0.3) is 11.0 Å². The van der Waals surface area contributed by atoms with Crippen molar-refractivity contribution in [2.45, 2.75) is 32.7 Å². The molecular weight excluding hydrogens is 482 g/mol. The number of benzene rings is 3. The third-order valence-corrected chi connectivity index (χ3v) is 6.33. The summed E-state index contributed by atoms with van der Waals surface area (Å²) in [6, 6.07) is 19.5. The second-order valence-electron chi connectivity index (χ2n) is 8.96. The standard InChI is InChI=1S/C30H35N3O5/c1-21-10-9-11-23(18-21)38-17-8-7-16-33-25-13-6-5-12-24(25)32-28(33)14-15-31-30(34)22-19-26(35-2)29(37-4)27(20-22)36-3/h5-6,9-13,18-20H,7-8,14-17H2,1-4H3,(H,31,34). The van der Waals surface area contributed by atoms with Crippen molar-refractivity contribution in [2.24, 2.45) is 0 Å². The third kappa shape index (κ3) is 6.37. The van der Waals surface area contributed by atoms with Gasteiger partial charge in [0.15, 0.2) is 11.5 Å². The molecule has 0 spiro atoms. The van der Waals surface area contributed by atoms with E-state index in [1.807, 2.05) is 36.4 Å². The number of ether oxygens (including phenoxy) is 4. The molecule has 1 amide bonds. The van der Waals surface area contributed by atoms with Gasteiger partial charge in [0.05, 0.1) is 39.0 Å². The highest BCUT2D eigenvalue weighted by molar-refractivity contribution is 5.95. The molecular formula is C30H35N3O5. The van der Waals surface area contributed by atoms with Crippen LogP contribution in [0.5, 0.6) is 23.0 Å². The van der Waals surface area contributed by atoms with E-state index < -0.39 is 0 Å². The number of nitrogens with zero attached hydrogens (tertiary/aromatic N) is 2. The maximum atomic E-state index is 12.9. The molecule has 8 heteroatoms. The summed E-state index contributed by atoms with van der Waals surface area (Å²) < 4.78 is 24.2. The number of methoxy groups -OCH3 is 3. The lowest BCUT2D eigenvalue weighted by atomic mass is 10.1. The number of amides is 1. The minimum absolute atomic E-state index is 0.222. The number of aryl methyl sites for hydroxylation is 2. The van der Waals surface area contributed by atoms with Gasteiger partial charge in [-0.1, -0.05) is 24.3 Å². The van der Waals surface area contributed by atoms with Gasteiger partial charge in [-0.25, -0.2) is 4.98 Å². The highest BCUT2D eigenvalue weighted by Gasteiger charge is 2.17. The average Bonchev–Trinajstić information content (AvgIpc) is 3.29. The van der Waals surface area contributed by atoms with Crippen molar-refractivity contribution in [1.82, 2.24) is 14.9 Å². The lowest BCUT2D eigenvalue weighted by Gasteiger charge is -2.14. The summed E-state index contributed by atoms with van der Waals surface area (Å²) in [6.07, 6.45) is 2.49. The topological polar surface area (TPSA) is 83.8 Å². The smallest absolute Gasteiger partial charge is 0.251 e. The molecule has 0 saturated heterocycles. The number of imidazole rings is 1. The van der Waals surface area contributed by atoms with Gasteiger partial charge in [-0.2, -0.15) is 0 Å². The van der Waals surface area contributed by atoms with Crippen molar-refractivity contribution in [2.75, 3.05) is 34.5 Å². The number of para-hydroxylation sites is 2. The number of aromatic nitrogens is 2. The molecule has 0 aliphatic rings. The van der Waals surface area contributed by atoms with Crippen molar-refractivity contribution in [3.8, 4) is 23.0 Å². The van der Waals surface area contributed by atoms with Crippen molar-refractivity contribution in [1.29, 1.82) is 0 Å². The van der Waals surface area contributed by atoms with Crippen molar-refractivity contribution >= 4 is 16.9 Å². The van der Waals surface area contributed by atoms with Crippen LogP contribution < -0.4 is 24.3 Å². The molecule has 0 fully saturated rings. The second kappa shape index (κ2) is 12.9. The Labute approximate surface area is 223 Å². The average molecular weight is 518 g/mol. The summed E-state index contributed by atoms with van der Waals surface area (Å²) in [6.45, 7) is 3.99. The van der Waals surface area contributed by atoms with Gasteiger partial charge in [0.1, 0.15) is 11.6 Å². The van der Waals surface area contributed by atoms with E-state index in [1.54, 1.807) is 12.1 Å². The number of carbonyl (C=O) groups is 1. The van der Waals surface area contributed by atoms with Gasteiger partial charge in [0, 0.05) is 25.1 Å². The Morgan fingerprint density at radius 2 is 1.68 bits per heavy atom. The van der Waals surface area contributed by atoms with E-state index in [4.69, 9.17) is 23.9 Å². The molecule has 0 atom stereocenters. The fourth-order valence-electron chi connectivity index (χ4n) is 4.43. The predicted molar refractivity (Wildman–Crippen MR) is 148 cm³/mol. The molecule has 0 unspecified atom stereocenters. The molecule has 0 bridgehead atoms. The number of hydrogen-bond donors (Lipinski definition) is 1. The maximum absolute atomic E-state index is 12.9. The Bertz CT molecular complexity index is 1360. The third-order valence-electron chi connectivity index (χ3n) is 6.33. The van der Waals surface area contributed by atoms with E-state index >= 15 is 0 Å². The van der Waals surface area contributed by atoms with Gasteiger partial charge < -0.3 is 28.8 Å². The first-order chi connectivity index (χ1) is 18.5. The molecule has 8 nitrogen and oxygen atoms in total. The summed E-state index contributed by atoms with van der Waals surface area (Å²) in [5.41, 5.74) is 3.67. The van der Waals surface area contributed by atoms with Crippen LogP contribution >= 0.6 is 0 Å². The van der Waals surface area contributed by atoms with Crippen LogP contribution in [0, 0.1) is 6.92 Å². The zero-order chi connectivity index (χ0) is 26.9. The van der Waals surface area contributed by atoms with E-state index in [-0.39, 0.29) is 5.91 Å². The van der Waals surface area contributed by atoms with Crippen LogP contribution in [0.15, 0.2) is 60.7 Å². The minimum Gasteiger partial charge on any atom is -0.494 e. The molecule has 0 saturated carbocycles. The Morgan fingerprint density at radius 1 is 0.921 bits per heavy atom. The van der Waals surface area contributed by atoms with Gasteiger partial charge >= 0.3 is 0 Å². The molecule has 0 aliphatic heterocycles. The highest BCUT2D eigenvalue weighted by Crippen LogP contribution is 2.38. The van der Waals surface area contributed by atoms with Gasteiger partial charge in [0.25, 0.3) is 5.91 Å². The zero-order valence-electron chi connectivity index (χ0n) is 22.5. The first-order valence-electron chi connectivity index (χ1n) is 12.8. The molecule has 3 aromatic carbocycles. The minimum atomic E-state index is -0.222. The number of hydrogen-bond acceptors (Lipinski definition) is 6. The second-order valence-corrected chi connectivity index (χ2v) is 8.96. The number of rotatable bonds is 13. The van der Waals surface area contributed by atoms with E-state index in [9.17, 15) is 4.79 Å².